The molecule has 0 aliphatic carbocycles. The Labute approximate surface area is 112 Å². The minimum Gasteiger partial charge on any atom is -0.396 e. The number of aromatic nitrogens is 1. The molecule has 96 valence electrons. The predicted octanol–water partition coefficient (Wildman–Crippen LogP) is 2.41. The molecule has 2 rings (SSSR count). The Morgan fingerprint density at radius 2 is 2.00 bits per heavy atom. The molecule has 0 saturated heterocycles. The molecule has 4 heteroatoms. The van der Waals surface area contributed by atoms with E-state index in [1.807, 2.05) is 36.4 Å². The molecule has 0 amide bonds. The molecule has 0 radical (unpaired) electrons. The minimum absolute atomic E-state index is 0.118. The molecule has 0 unspecified atom stereocenters. The highest BCUT2D eigenvalue weighted by atomic mass is 16.3. The lowest BCUT2D eigenvalue weighted by Gasteiger charge is -2.10. The van der Waals surface area contributed by atoms with Crippen LogP contribution in [0, 0.1) is 11.3 Å². The summed E-state index contributed by atoms with van der Waals surface area (Å²) in [6.45, 7) is 0.712. The molecule has 0 spiro atoms. The number of aliphatic hydroxyl groups excluding tert-OH is 1. The molecule has 0 aliphatic rings. The summed E-state index contributed by atoms with van der Waals surface area (Å²) < 4.78 is 0. The maximum Gasteiger partial charge on any atom is 0.144 e. The lowest BCUT2D eigenvalue weighted by atomic mass is 10.0. The normalized spacial score (nSPS) is 9.89. The number of rotatable bonds is 5. The van der Waals surface area contributed by atoms with Crippen LogP contribution in [-0.2, 0) is 0 Å². The molecule has 1 heterocycles. The molecular formula is C15H15N3O. The Balaban J connectivity index is 2.35. The molecule has 0 atom stereocenters. The van der Waals surface area contributed by atoms with E-state index in [9.17, 15) is 5.26 Å². The van der Waals surface area contributed by atoms with Crippen molar-refractivity contribution in [3.8, 4) is 17.2 Å². The van der Waals surface area contributed by atoms with E-state index >= 15 is 0 Å². The fourth-order valence-electron chi connectivity index (χ4n) is 1.85. The summed E-state index contributed by atoms with van der Waals surface area (Å²) >= 11 is 0. The van der Waals surface area contributed by atoms with Crippen LogP contribution in [0.25, 0.3) is 11.1 Å². The van der Waals surface area contributed by atoms with Crippen LogP contribution in [0.4, 0.5) is 5.82 Å². The van der Waals surface area contributed by atoms with E-state index in [0.29, 0.717) is 24.3 Å². The van der Waals surface area contributed by atoms with Gasteiger partial charge >= 0.3 is 0 Å². The molecule has 0 aliphatic heterocycles. The number of benzene rings is 1. The van der Waals surface area contributed by atoms with Gasteiger partial charge in [0.2, 0.25) is 0 Å². The first-order chi connectivity index (χ1) is 9.36. The van der Waals surface area contributed by atoms with Crippen molar-refractivity contribution < 1.29 is 5.11 Å². The molecule has 0 bridgehead atoms. The van der Waals surface area contributed by atoms with Crippen molar-refractivity contribution in [3.05, 3.63) is 48.2 Å². The Morgan fingerprint density at radius 1 is 1.21 bits per heavy atom. The molecule has 2 aromatic rings. The highest BCUT2D eigenvalue weighted by molar-refractivity contribution is 5.75. The van der Waals surface area contributed by atoms with Gasteiger partial charge in [-0.25, -0.2) is 4.98 Å². The van der Waals surface area contributed by atoms with Crippen LogP contribution in [-0.4, -0.2) is 23.2 Å². The maximum atomic E-state index is 9.34. The van der Waals surface area contributed by atoms with Crippen LogP contribution in [0.5, 0.6) is 0 Å². The fourth-order valence-corrected chi connectivity index (χ4v) is 1.85. The zero-order chi connectivity index (χ0) is 13.5. The molecular weight excluding hydrogens is 238 g/mol. The second kappa shape index (κ2) is 6.53. The summed E-state index contributed by atoms with van der Waals surface area (Å²) in [4.78, 5) is 4.19. The number of nitrogens with zero attached hydrogens (tertiary/aromatic N) is 2. The monoisotopic (exact) mass is 253 g/mol. The first kappa shape index (κ1) is 13.1. The number of nitriles is 1. The van der Waals surface area contributed by atoms with Gasteiger partial charge in [0.05, 0.1) is 0 Å². The first-order valence-corrected chi connectivity index (χ1v) is 6.16. The number of aliphatic hydroxyl groups is 1. The molecule has 2 N–H and O–H groups in total. The van der Waals surface area contributed by atoms with Crippen molar-refractivity contribution in [2.24, 2.45) is 0 Å². The quantitative estimate of drug-likeness (QED) is 0.803. The zero-order valence-corrected chi connectivity index (χ0v) is 10.5. The van der Waals surface area contributed by atoms with Crippen LogP contribution in [0.1, 0.15) is 12.0 Å². The molecule has 1 aromatic carbocycles. The molecule has 0 saturated carbocycles. The Morgan fingerprint density at radius 3 is 2.68 bits per heavy atom. The number of anilines is 1. The van der Waals surface area contributed by atoms with Crippen molar-refractivity contribution in [3.63, 3.8) is 0 Å². The second-order valence-corrected chi connectivity index (χ2v) is 4.06. The van der Waals surface area contributed by atoms with Gasteiger partial charge in [-0.1, -0.05) is 30.3 Å². The number of hydrogen-bond donors (Lipinski definition) is 2. The lowest BCUT2D eigenvalue weighted by Crippen LogP contribution is -2.07. The van der Waals surface area contributed by atoms with E-state index in [1.54, 1.807) is 6.20 Å². The third-order valence-electron chi connectivity index (χ3n) is 2.77. The highest BCUT2D eigenvalue weighted by Crippen LogP contribution is 2.26. The summed E-state index contributed by atoms with van der Waals surface area (Å²) in [5.74, 6) is 0.567. The predicted molar refractivity (Wildman–Crippen MR) is 74.6 cm³/mol. The van der Waals surface area contributed by atoms with Crippen molar-refractivity contribution in [1.29, 1.82) is 5.26 Å². The van der Waals surface area contributed by atoms with Gasteiger partial charge in [-0.15, -0.1) is 0 Å². The number of hydrogen-bond acceptors (Lipinski definition) is 4. The van der Waals surface area contributed by atoms with Gasteiger partial charge < -0.3 is 10.4 Å². The van der Waals surface area contributed by atoms with E-state index in [4.69, 9.17) is 5.11 Å². The lowest BCUT2D eigenvalue weighted by molar-refractivity contribution is 0.292. The third kappa shape index (κ3) is 3.09. The smallest absolute Gasteiger partial charge is 0.144 e. The summed E-state index contributed by atoms with van der Waals surface area (Å²) in [6, 6.07) is 13.8. The minimum atomic E-state index is 0.118. The first-order valence-electron chi connectivity index (χ1n) is 6.16. The van der Waals surface area contributed by atoms with Gasteiger partial charge in [-0.05, 0) is 18.1 Å². The van der Waals surface area contributed by atoms with Gasteiger partial charge in [0.1, 0.15) is 17.5 Å². The average Bonchev–Trinajstić information content (AvgIpc) is 2.48. The Kier molecular flexibility index (Phi) is 4.49. The standard InChI is InChI=1S/C15H15N3O/c16-11-14-13(12-5-2-1-3-6-12)7-9-18-15(14)17-8-4-10-19/h1-3,5-7,9,19H,4,8,10H2,(H,17,18). The van der Waals surface area contributed by atoms with Crippen molar-refractivity contribution in [1.82, 2.24) is 4.98 Å². The van der Waals surface area contributed by atoms with Crippen LogP contribution in [0.3, 0.4) is 0 Å². The van der Waals surface area contributed by atoms with Crippen molar-refractivity contribution >= 4 is 5.82 Å². The zero-order valence-electron chi connectivity index (χ0n) is 10.5. The molecule has 4 nitrogen and oxygen atoms in total. The fraction of sp³-hybridized carbons (Fsp3) is 0.200. The van der Waals surface area contributed by atoms with Crippen LogP contribution in [0.15, 0.2) is 42.6 Å². The van der Waals surface area contributed by atoms with Crippen LogP contribution < -0.4 is 5.32 Å². The molecule has 19 heavy (non-hydrogen) atoms. The van der Waals surface area contributed by atoms with E-state index < -0.39 is 0 Å². The second-order valence-electron chi connectivity index (χ2n) is 4.06. The van der Waals surface area contributed by atoms with Crippen molar-refractivity contribution in [2.75, 3.05) is 18.5 Å². The summed E-state index contributed by atoms with van der Waals surface area (Å²) in [7, 11) is 0. The third-order valence-corrected chi connectivity index (χ3v) is 2.77. The van der Waals surface area contributed by atoms with Gasteiger partial charge in [0, 0.05) is 24.9 Å². The Bertz CT molecular complexity index is 576. The van der Waals surface area contributed by atoms with Gasteiger partial charge in [0.25, 0.3) is 0 Å². The van der Waals surface area contributed by atoms with E-state index in [1.165, 1.54) is 0 Å². The number of nitrogens with one attached hydrogen (secondary N) is 1. The molecule has 0 fully saturated rings. The largest absolute Gasteiger partial charge is 0.396 e. The number of pyridine rings is 1. The highest BCUT2D eigenvalue weighted by Gasteiger charge is 2.10. The maximum absolute atomic E-state index is 9.34. The summed E-state index contributed by atoms with van der Waals surface area (Å²) in [5.41, 5.74) is 2.39. The van der Waals surface area contributed by atoms with Gasteiger partial charge in [0.15, 0.2) is 0 Å². The van der Waals surface area contributed by atoms with Crippen molar-refractivity contribution in [2.45, 2.75) is 6.42 Å². The molecule has 1 aromatic heterocycles. The average molecular weight is 253 g/mol. The topological polar surface area (TPSA) is 68.9 Å². The SMILES string of the molecule is N#Cc1c(-c2ccccc2)ccnc1NCCCO. The summed E-state index contributed by atoms with van der Waals surface area (Å²) in [5, 5.41) is 21.2. The van der Waals surface area contributed by atoms with E-state index in [-0.39, 0.29) is 6.61 Å². The van der Waals surface area contributed by atoms with Crippen LogP contribution >= 0.6 is 0 Å². The van der Waals surface area contributed by atoms with Gasteiger partial charge in [-0.2, -0.15) is 5.26 Å². The van der Waals surface area contributed by atoms with E-state index in [0.717, 1.165) is 11.1 Å². The van der Waals surface area contributed by atoms with Crippen LogP contribution in [0.2, 0.25) is 0 Å². The van der Waals surface area contributed by atoms with E-state index in [2.05, 4.69) is 16.4 Å². The Hall–Kier alpha value is -2.38. The van der Waals surface area contributed by atoms with Gasteiger partial charge in [-0.3, -0.25) is 0 Å². The summed E-state index contributed by atoms with van der Waals surface area (Å²) in [6.07, 6.45) is 2.31.